The summed E-state index contributed by atoms with van der Waals surface area (Å²) in [5.74, 6) is -1.24. The summed E-state index contributed by atoms with van der Waals surface area (Å²) in [5, 5.41) is 0. The van der Waals surface area contributed by atoms with Gasteiger partial charge in [0.1, 0.15) is 5.82 Å². The largest absolute Gasteiger partial charge is 0.455 e. The summed E-state index contributed by atoms with van der Waals surface area (Å²) in [6, 6.07) is 5.65. The van der Waals surface area contributed by atoms with Gasteiger partial charge in [-0.25, -0.2) is 12.8 Å². The van der Waals surface area contributed by atoms with E-state index in [0.717, 1.165) is 25.7 Å². The van der Waals surface area contributed by atoms with Crippen LogP contribution in [0.3, 0.4) is 0 Å². The molecule has 1 atom stereocenters. The number of halogens is 1. The molecule has 166 valence electrons. The summed E-state index contributed by atoms with van der Waals surface area (Å²) in [4.78, 5) is 27.4. The lowest BCUT2D eigenvalue weighted by atomic mass is 9.79. The smallest absolute Gasteiger partial charge is 0.317 e. The number of carbonyl (C=O) groups excluding carboxylic acids is 2. The van der Waals surface area contributed by atoms with Gasteiger partial charge < -0.3 is 9.64 Å². The Morgan fingerprint density at radius 3 is 2.60 bits per heavy atom. The molecule has 0 spiro atoms. The number of sulfone groups is 1. The summed E-state index contributed by atoms with van der Waals surface area (Å²) in [6.45, 7) is 2.02. The van der Waals surface area contributed by atoms with Crippen molar-refractivity contribution in [3.05, 3.63) is 35.6 Å². The van der Waals surface area contributed by atoms with E-state index >= 15 is 0 Å². The fourth-order valence-corrected chi connectivity index (χ4v) is 6.31. The van der Waals surface area contributed by atoms with E-state index in [2.05, 4.69) is 0 Å². The van der Waals surface area contributed by atoms with E-state index < -0.39 is 33.6 Å². The topological polar surface area (TPSA) is 80.8 Å². The van der Waals surface area contributed by atoms with Crippen molar-refractivity contribution in [2.45, 2.75) is 63.3 Å². The van der Waals surface area contributed by atoms with Crippen LogP contribution in [-0.4, -0.2) is 55.9 Å². The molecule has 1 aromatic carbocycles. The third kappa shape index (κ3) is 5.02. The van der Waals surface area contributed by atoms with E-state index in [4.69, 9.17) is 4.74 Å². The lowest BCUT2D eigenvalue weighted by Gasteiger charge is -2.30. The van der Waals surface area contributed by atoms with Gasteiger partial charge in [-0.1, -0.05) is 38.3 Å². The van der Waals surface area contributed by atoms with Crippen LogP contribution in [0.1, 0.15) is 57.4 Å². The first kappa shape index (κ1) is 22.7. The zero-order valence-corrected chi connectivity index (χ0v) is 18.3. The van der Waals surface area contributed by atoms with Crippen molar-refractivity contribution in [1.29, 1.82) is 0 Å². The maximum absolute atomic E-state index is 13.8. The van der Waals surface area contributed by atoms with Crippen molar-refractivity contribution in [3.63, 3.8) is 0 Å². The van der Waals surface area contributed by atoms with Crippen molar-refractivity contribution >= 4 is 21.7 Å². The molecule has 2 fully saturated rings. The molecule has 30 heavy (non-hydrogen) atoms. The number of rotatable bonds is 8. The number of nitrogens with zero attached hydrogens (tertiary/aromatic N) is 1. The first-order valence-electron chi connectivity index (χ1n) is 10.7. The molecule has 1 saturated carbocycles. The molecule has 2 aliphatic rings. The van der Waals surface area contributed by atoms with Crippen LogP contribution in [0.5, 0.6) is 0 Å². The van der Waals surface area contributed by atoms with Crippen LogP contribution in [0.4, 0.5) is 4.39 Å². The Balaban J connectivity index is 1.70. The predicted octanol–water partition coefficient (Wildman–Crippen LogP) is 3.00. The highest BCUT2D eigenvalue weighted by Gasteiger charge is 2.45. The first-order valence-corrected chi connectivity index (χ1v) is 12.5. The summed E-state index contributed by atoms with van der Waals surface area (Å²) in [6.07, 6.45) is 4.83. The monoisotopic (exact) mass is 439 g/mol. The van der Waals surface area contributed by atoms with Crippen LogP contribution in [0, 0.1) is 5.82 Å². The molecule has 1 aliphatic heterocycles. The highest BCUT2D eigenvalue weighted by Crippen LogP contribution is 2.42. The molecule has 8 heteroatoms. The summed E-state index contributed by atoms with van der Waals surface area (Å²) in [7, 11) is -3.13. The molecular weight excluding hydrogens is 409 g/mol. The van der Waals surface area contributed by atoms with Crippen LogP contribution in [-0.2, 0) is 29.6 Å². The third-order valence-electron chi connectivity index (χ3n) is 6.27. The van der Waals surface area contributed by atoms with E-state index in [1.54, 1.807) is 17.0 Å². The third-order valence-corrected chi connectivity index (χ3v) is 8.02. The van der Waals surface area contributed by atoms with Gasteiger partial charge in [-0.05, 0) is 43.4 Å². The Labute approximate surface area is 177 Å². The number of benzene rings is 1. The number of amides is 1. The van der Waals surface area contributed by atoms with Gasteiger partial charge in [0.25, 0.3) is 5.91 Å². The second-order valence-electron chi connectivity index (χ2n) is 8.37. The number of esters is 1. The maximum atomic E-state index is 13.8. The molecule has 1 heterocycles. The summed E-state index contributed by atoms with van der Waals surface area (Å²) < 4.78 is 42.9. The number of carbonyl (C=O) groups is 2. The van der Waals surface area contributed by atoms with E-state index in [1.165, 1.54) is 12.1 Å². The van der Waals surface area contributed by atoms with E-state index in [1.807, 2.05) is 6.92 Å². The molecule has 1 aromatic rings. The Kier molecular flexibility index (Phi) is 7.16. The van der Waals surface area contributed by atoms with Gasteiger partial charge in [-0.2, -0.15) is 0 Å². The number of ether oxygens (including phenoxy) is 1. The molecule has 0 N–H and O–H groups in total. The van der Waals surface area contributed by atoms with Crippen LogP contribution in [0.25, 0.3) is 0 Å². The van der Waals surface area contributed by atoms with Gasteiger partial charge in [0, 0.05) is 12.6 Å². The number of hydrogen-bond acceptors (Lipinski definition) is 5. The molecule has 1 aliphatic carbocycles. The molecule has 1 amide bonds. The first-order chi connectivity index (χ1) is 14.3. The average Bonchev–Trinajstić information content (AvgIpc) is 3.34. The molecule has 1 saturated heterocycles. The second-order valence-corrected chi connectivity index (χ2v) is 10.6. The van der Waals surface area contributed by atoms with Gasteiger partial charge in [0.15, 0.2) is 16.4 Å². The average molecular weight is 440 g/mol. The Morgan fingerprint density at radius 2 is 2.00 bits per heavy atom. The highest BCUT2D eigenvalue weighted by atomic mass is 32.2. The van der Waals surface area contributed by atoms with Gasteiger partial charge in [0.05, 0.1) is 16.9 Å². The quantitative estimate of drug-likeness (QED) is 0.582. The van der Waals surface area contributed by atoms with Gasteiger partial charge in [-0.15, -0.1) is 0 Å². The molecule has 0 aromatic heterocycles. The second kappa shape index (κ2) is 9.45. The van der Waals surface area contributed by atoms with E-state index in [0.29, 0.717) is 31.4 Å². The van der Waals surface area contributed by atoms with Crippen molar-refractivity contribution in [1.82, 2.24) is 4.90 Å². The molecule has 0 radical (unpaired) electrons. The van der Waals surface area contributed by atoms with Crippen LogP contribution < -0.4 is 0 Å². The summed E-state index contributed by atoms with van der Waals surface area (Å²) >= 11 is 0. The Bertz CT molecular complexity index is 879. The van der Waals surface area contributed by atoms with E-state index in [-0.39, 0.29) is 23.5 Å². The Morgan fingerprint density at radius 1 is 1.27 bits per heavy atom. The zero-order valence-electron chi connectivity index (χ0n) is 17.4. The standard InChI is InChI=1S/C22H30FNO5S/c1-2-3-12-24(19-9-13-30(27,28)16-19)20(25)15-29-21(26)22(10-4-5-11-22)17-7-6-8-18(23)14-17/h6-8,14,19H,2-5,9-13,15-16H2,1H3. The number of unbranched alkanes of at least 4 members (excludes halogenated alkanes) is 1. The minimum Gasteiger partial charge on any atom is -0.455 e. The molecule has 3 rings (SSSR count). The van der Waals surface area contributed by atoms with Crippen molar-refractivity contribution < 1.29 is 27.1 Å². The highest BCUT2D eigenvalue weighted by molar-refractivity contribution is 7.91. The maximum Gasteiger partial charge on any atom is 0.317 e. The molecule has 0 bridgehead atoms. The fraction of sp³-hybridized carbons (Fsp3) is 0.636. The minimum atomic E-state index is -3.13. The van der Waals surface area contributed by atoms with Crippen molar-refractivity contribution in [2.24, 2.45) is 0 Å². The SMILES string of the molecule is CCCCN(C(=O)COC(=O)C1(c2cccc(F)c2)CCCC1)C1CCS(=O)(=O)C1. The van der Waals surface area contributed by atoms with Crippen LogP contribution in [0.2, 0.25) is 0 Å². The van der Waals surface area contributed by atoms with Gasteiger partial charge in [-0.3, -0.25) is 9.59 Å². The molecule has 1 unspecified atom stereocenters. The summed E-state index contributed by atoms with van der Waals surface area (Å²) in [5.41, 5.74) is -0.338. The van der Waals surface area contributed by atoms with Crippen molar-refractivity contribution in [3.8, 4) is 0 Å². The molecular formula is C22H30FNO5S. The van der Waals surface area contributed by atoms with Gasteiger partial charge >= 0.3 is 5.97 Å². The fourth-order valence-electron chi connectivity index (χ4n) is 4.58. The zero-order chi connectivity index (χ0) is 21.8. The normalized spacial score (nSPS) is 22.0. The Hall–Kier alpha value is -1.96. The lowest BCUT2D eigenvalue weighted by molar-refractivity contribution is -0.157. The van der Waals surface area contributed by atoms with Crippen LogP contribution in [0.15, 0.2) is 24.3 Å². The van der Waals surface area contributed by atoms with Gasteiger partial charge in [0.2, 0.25) is 0 Å². The van der Waals surface area contributed by atoms with Crippen molar-refractivity contribution in [2.75, 3.05) is 24.7 Å². The lowest BCUT2D eigenvalue weighted by Crippen LogP contribution is -2.45. The number of hydrogen-bond donors (Lipinski definition) is 0. The van der Waals surface area contributed by atoms with Crippen LogP contribution >= 0.6 is 0 Å². The molecule has 6 nitrogen and oxygen atoms in total. The van der Waals surface area contributed by atoms with E-state index in [9.17, 15) is 22.4 Å². The minimum absolute atomic E-state index is 0.0381. The predicted molar refractivity (Wildman–Crippen MR) is 111 cm³/mol.